The first kappa shape index (κ1) is 16.3. The zero-order valence-electron chi connectivity index (χ0n) is 12.7. The third kappa shape index (κ3) is 4.76. The van der Waals surface area contributed by atoms with Crippen LogP contribution in [0.5, 0.6) is 11.5 Å². The van der Waals surface area contributed by atoms with Gasteiger partial charge in [0.15, 0.2) is 0 Å². The van der Waals surface area contributed by atoms with E-state index in [0.717, 1.165) is 30.4 Å². The number of nitrogens with two attached hydrogens (primary N) is 2. The first-order valence-corrected chi connectivity index (χ1v) is 7.66. The lowest BCUT2D eigenvalue weighted by atomic mass is 10.0. The predicted octanol–water partition coefficient (Wildman–Crippen LogP) is 3.10. The van der Waals surface area contributed by atoms with Crippen molar-refractivity contribution >= 4 is 0 Å². The van der Waals surface area contributed by atoms with Crippen LogP contribution in [0.1, 0.15) is 36.4 Å². The van der Waals surface area contributed by atoms with Crippen LogP contribution in [0.15, 0.2) is 48.5 Å². The van der Waals surface area contributed by atoms with Gasteiger partial charge in [-0.3, -0.25) is 0 Å². The number of unbranched alkanes of at least 4 members (excludes halogenated alkanes) is 1. The minimum Gasteiger partial charge on any atom is -0.507 e. The Kier molecular flexibility index (Phi) is 6.25. The van der Waals surface area contributed by atoms with Gasteiger partial charge >= 0.3 is 0 Å². The summed E-state index contributed by atoms with van der Waals surface area (Å²) in [7, 11) is 0. The standard InChI is InChI=1S/C18H24N2O2/c19-11-5-4-8-17(20)16-10-9-15(12-18(16)21)22-13-14-6-2-1-3-7-14/h1-3,6-7,9-10,12,17,21H,4-5,8,11,13,19-20H2/t17-/m1/s1. The summed E-state index contributed by atoms with van der Waals surface area (Å²) in [6, 6.07) is 15.1. The van der Waals surface area contributed by atoms with E-state index in [-0.39, 0.29) is 11.8 Å². The Morgan fingerprint density at radius 2 is 1.82 bits per heavy atom. The maximum atomic E-state index is 10.1. The van der Waals surface area contributed by atoms with Gasteiger partial charge in [-0.05, 0) is 31.0 Å². The van der Waals surface area contributed by atoms with Gasteiger partial charge in [0.1, 0.15) is 18.1 Å². The molecule has 0 saturated heterocycles. The van der Waals surface area contributed by atoms with Gasteiger partial charge in [-0.2, -0.15) is 0 Å². The van der Waals surface area contributed by atoms with Gasteiger partial charge in [0.05, 0.1) is 0 Å². The third-order valence-electron chi connectivity index (χ3n) is 3.62. The van der Waals surface area contributed by atoms with E-state index >= 15 is 0 Å². The Morgan fingerprint density at radius 3 is 2.50 bits per heavy atom. The lowest BCUT2D eigenvalue weighted by Gasteiger charge is -2.15. The number of hydrogen-bond acceptors (Lipinski definition) is 4. The second-order valence-electron chi connectivity index (χ2n) is 5.39. The molecule has 0 aromatic heterocycles. The average Bonchev–Trinajstić information content (AvgIpc) is 2.54. The minimum atomic E-state index is -0.172. The van der Waals surface area contributed by atoms with Crippen LogP contribution in [0.3, 0.4) is 0 Å². The lowest BCUT2D eigenvalue weighted by molar-refractivity contribution is 0.304. The Labute approximate surface area is 131 Å². The van der Waals surface area contributed by atoms with Crippen LogP contribution >= 0.6 is 0 Å². The summed E-state index contributed by atoms with van der Waals surface area (Å²) < 4.78 is 5.69. The molecular formula is C18H24N2O2. The molecule has 4 nitrogen and oxygen atoms in total. The quantitative estimate of drug-likeness (QED) is 0.654. The highest BCUT2D eigenvalue weighted by Crippen LogP contribution is 2.30. The molecule has 0 aliphatic rings. The molecule has 0 bridgehead atoms. The lowest BCUT2D eigenvalue weighted by Crippen LogP contribution is -2.11. The normalized spacial score (nSPS) is 12.1. The number of phenolic OH excluding ortho intramolecular Hbond substituents is 1. The Hall–Kier alpha value is -2.04. The summed E-state index contributed by atoms with van der Waals surface area (Å²) >= 11 is 0. The summed E-state index contributed by atoms with van der Waals surface area (Å²) in [5, 5.41) is 10.1. The number of aromatic hydroxyl groups is 1. The average molecular weight is 300 g/mol. The van der Waals surface area contributed by atoms with E-state index in [2.05, 4.69) is 0 Å². The van der Waals surface area contributed by atoms with Crippen LogP contribution in [0, 0.1) is 0 Å². The van der Waals surface area contributed by atoms with Crippen molar-refractivity contribution in [2.24, 2.45) is 11.5 Å². The zero-order valence-corrected chi connectivity index (χ0v) is 12.7. The van der Waals surface area contributed by atoms with Gasteiger partial charge in [0, 0.05) is 17.7 Å². The van der Waals surface area contributed by atoms with Crippen LogP contribution in [0.2, 0.25) is 0 Å². The first-order chi connectivity index (χ1) is 10.7. The Balaban J connectivity index is 1.94. The van der Waals surface area contributed by atoms with Crippen molar-refractivity contribution < 1.29 is 9.84 Å². The van der Waals surface area contributed by atoms with Crippen molar-refractivity contribution in [3.63, 3.8) is 0 Å². The summed E-state index contributed by atoms with van der Waals surface area (Å²) in [4.78, 5) is 0. The Morgan fingerprint density at radius 1 is 1.05 bits per heavy atom. The highest BCUT2D eigenvalue weighted by molar-refractivity contribution is 5.41. The molecule has 0 aliphatic carbocycles. The van der Waals surface area contributed by atoms with Crippen molar-refractivity contribution in [1.82, 2.24) is 0 Å². The van der Waals surface area contributed by atoms with Gasteiger partial charge in [-0.1, -0.05) is 42.8 Å². The van der Waals surface area contributed by atoms with Crippen molar-refractivity contribution in [3.8, 4) is 11.5 Å². The number of hydrogen-bond donors (Lipinski definition) is 3. The number of benzene rings is 2. The molecule has 118 valence electrons. The molecule has 0 amide bonds. The second kappa shape index (κ2) is 8.41. The van der Waals surface area contributed by atoms with Crippen molar-refractivity contribution in [2.75, 3.05) is 6.54 Å². The first-order valence-electron chi connectivity index (χ1n) is 7.66. The molecule has 0 saturated carbocycles. The fraction of sp³-hybridized carbons (Fsp3) is 0.333. The molecule has 22 heavy (non-hydrogen) atoms. The predicted molar refractivity (Wildman–Crippen MR) is 88.7 cm³/mol. The number of phenols is 1. The maximum absolute atomic E-state index is 10.1. The summed E-state index contributed by atoms with van der Waals surface area (Å²) in [5.41, 5.74) is 13.4. The van der Waals surface area contributed by atoms with E-state index in [9.17, 15) is 5.11 Å². The van der Waals surface area contributed by atoms with Crippen molar-refractivity contribution in [3.05, 3.63) is 59.7 Å². The Bertz CT molecular complexity index is 573. The largest absolute Gasteiger partial charge is 0.507 e. The van der Waals surface area contributed by atoms with Crippen LogP contribution in [-0.2, 0) is 6.61 Å². The van der Waals surface area contributed by atoms with Gasteiger partial charge in [0.2, 0.25) is 0 Å². The van der Waals surface area contributed by atoms with Crippen LogP contribution in [0.25, 0.3) is 0 Å². The third-order valence-corrected chi connectivity index (χ3v) is 3.62. The number of rotatable bonds is 8. The second-order valence-corrected chi connectivity index (χ2v) is 5.39. The fourth-order valence-electron chi connectivity index (χ4n) is 2.33. The van der Waals surface area contributed by atoms with E-state index in [0.29, 0.717) is 18.9 Å². The molecule has 0 heterocycles. The summed E-state index contributed by atoms with van der Waals surface area (Å²) in [5.74, 6) is 0.824. The molecule has 0 radical (unpaired) electrons. The van der Waals surface area contributed by atoms with Crippen LogP contribution < -0.4 is 16.2 Å². The van der Waals surface area contributed by atoms with Crippen LogP contribution in [0.4, 0.5) is 0 Å². The minimum absolute atomic E-state index is 0.172. The molecule has 5 N–H and O–H groups in total. The highest BCUT2D eigenvalue weighted by atomic mass is 16.5. The molecule has 0 fully saturated rings. The molecule has 1 atom stereocenters. The summed E-state index contributed by atoms with van der Waals surface area (Å²) in [6.45, 7) is 1.15. The highest BCUT2D eigenvalue weighted by Gasteiger charge is 2.11. The summed E-state index contributed by atoms with van der Waals surface area (Å²) in [6.07, 6.45) is 2.73. The molecule has 0 unspecified atom stereocenters. The van der Waals surface area contributed by atoms with E-state index in [1.165, 1.54) is 0 Å². The number of ether oxygens (including phenoxy) is 1. The molecule has 0 aliphatic heterocycles. The van der Waals surface area contributed by atoms with Gasteiger partial charge in [-0.25, -0.2) is 0 Å². The molecule has 0 spiro atoms. The smallest absolute Gasteiger partial charge is 0.124 e. The molecular weight excluding hydrogens is 276 g/mol. The van der Waals surface area contributed by atoms with Gasteiger partial charge in [-0.15, -0.1) is 0 Å². The van der Waals surface area contributed by atoms with E-state index < -0.39 is 0 Å². The van der Waals surface area contributed by atoms with Gasteiger partial charge < -0.3 is 21.3 Å². The monoisotopic (exact) mass is 300 g/mol. The van der Waals surface area contributed by atoms with Crippen molar-refractivity contribution in [1.29, 1.82) is 0 Å². The molecule has 2 aromatic carbocycles. The van der Waals surface area contributed by atoms with Crippen LogP contribution in [-0.4, -0.2) is 11.7 Å². The van der Waals surface area contributed by atoms with Gasteiger partial charge in [0.25, 0.3) is 0 Å². The van der Waals surface area contributed by atoms with E-state index in [1.807, 2.05) is 42.5 Å². The zero-order chi connectivity index (χ0) is 15.8. The maximum Gasteiger partial charge on any atom is 0.124 e. The fourth-order valence-corrected chi connectivity index (χ4v) is 2.33. The van der Waals surface area contributed by atoms with Crippen molar-refractivity contribution in [2.45, 2.75) is 31.9 Å². The molecule has 2 rings (SSSR count). The topological polar surface area (TPSA) is 81.5 Å². The molecule has 2 aromatic rings. The van der Waals surface area contributed by atoms with E-state index in [1.54, 1.807) is 6.07 Å². The SMILES string of the molecule is NCCCC[C@@H](N)c1ccc(OCc2ccccc2)cc1O. The van der Waals surface area contributed by atoms with E-state index in [4.69, 9.17) is 16.2 Å². The molecule has 4 heteroatoms.